The van der Waals surface area contributed by atoms with E-state index in [1.807, 2.05) is 11.8 Å². The highest BCUT2D eigenvalue weighted by molar-refractivity contribution is 7.73. The number of carbonyl (C=O) groups is 1. The van der Waals surface area contributed by atoms with Crippen molar-refractivity contribution in [3.8, 4) is 0 Å². The van der Waals surface area contributed by atoms with Crippen molar-refractivity contribution < 1.29 is 4.79 Å². The number of hydrogen-bond acceptors (Lipinski definition) is 5. The molecule has 1 fully saturated rings. The lowest BCUT2D eigenvalue weighted by molar-refractivity contribution is -0.132. The van der Waals surface area contributed by atoms with E-state index >= 15 is 0 Å². The highest BCUT2D eigenvalue weighted by Gasteiger charge is 2.22. The third-order valence-electron chi connectivity index (χ3n) is 3.95. The molecule has 4 nitrogen and oxygen atoms in total. The summed E-state index contributed by atoms with van der Waals surface area (Å²) < 4.78 is 0.751. The lowest BCUT2D eigenvalue weighted by Gasteiger charge is -2.34. The highest BCUT2D eigenvalue weighted by atomic mass is 32.1. The predicted octanol–water partition coefficient (Wildman–Crippen LogP) is 3.06. The molecule has 0 bridgehead atoms. The van der Waals surface area contributed by atoms with Crippen LogP contribution in [0.2, 0.25) is 0 Å². The van der Waals surface area contributed by atoms with Crippen LogP contribution in [0, 0.1) is 10.9 Å². The second-order valence-electron chi connectivity index (χ2n) is 5.53. The van der Waals surface area contributed by atoms with E-state index in [0.717, 1.165) is 47.2 Å². The van der Waals surface area contributed by atoms with Gasteiger partial charge in [0.15, 0.2) is 3.95 Å². The van der Waals surface area contributed by atoms with E-state index in [9.17, 15) is 4.79 Å². The van der Waals surface area contributed by atoms with E-state index < -0.39 is 0 Å². The van der Waals surface area contributed by atoms with Gasteiger partial charge in [0.05, 0.1) is 6.42 Å². The maximum atomic E-state index is 12.4. The summed E-state index contributed by atoms with van der Waals surface area (Å²) in [6.07, 6.45) is 0.466. The van der Waals surface area contributed by atoms with Gasteiger partial charge in [0.1, 0.15) is 0 Å². The summed E-state index contributed by atoms with van der Waals surface area (Å²) in [6, 6.07) is 2.17. The first-order chi connectivity index (χ1) is 10.6. The molecule has 1 N–H and O–H groups in total. The van der Waals surface area contributed by atoms with Crippen LogP contribution in [0.1, 0.15) is 16.1 Å². The number of aromatic nitrogens is 1. The first-order valence-electron chi connectivity index (χ1n) is 7.31. The Hall–Kier alpha value is -1.02. The molecule has 0 radical (unpaired) electrons. The van der Waals surface area contributed by atoms with E-state index in [4.69, 9.17) is 12.2 Å². The normalized spacial score (nSPS) is 16.1. The van der Waals surface area contributed by atoms with E-state index in [1.165, 1.54) is 16.9 Å². The van der Waals surface area contributed by atoms with E-state index in [1.54, 1.807) is 11.3 Å². The summed E-state index contributed by atoms with van der Waals surface area (Å²) in [5, 5.41) is 4.31. The zero-order chi connectivity index (χ0) is 15.5. The lowest BCUT2D eigenvalue weighted by Crippen LogP contribution is -2.48. The Morgan fingerprint density at radius 2 is 2.14 bits per heavy atom. The number of hydrogen-bond donors (Lipinski definition) is 1. The molecule has 1 saturated heterocycles. The fourth-order valence-corrected chi connectivity index (χ4v) is 4.59. The fourth-order valence-electron chi connectivity index (χ4n) is 2.65. The van der Waals surface area contributed by atoms with Crippen LogP contribution in [0.15, 0.2) is 16.8 Å². The largest absolute Gasteiger partial charge is 0.341 e. The number of nitrogens with one attached hydrogen (secondary N) is 1. The van der Waals surface area contributed by atoms with Gasteiger partial charge in [-0.15, -0.1) is 11.3 Å². The second kappa shape index (κ2) is 7.04. The standard InChI is InChI=1S/C15H19N3OS3/c1-11-13(22-15(20)16-11)8-14(19)18-5-3-17(4-6-18)9-12-2-7-21-10-12/h2,7,10H,3-6,8-9H2,1H3,(H,16,20). The molecule has 0 atom stereocenters. The summed E-state index contributed by atoms with van der Waals surface area (Å²) in [6.45, 7) is 6.50. The predicted molar refractivity (Wildman–Crippen MR) is 94.1 cm³/mol. The quantitative estimate of drug-likeness (QED) is 0.859. The highest BCUT2D eigenvalue weighted by Crippen LogP contribution is 2.17. The van der Waals surface area contributed by atoms with Gasteiger partial charge in [-0.3, -0.25) is 9.69 Å². The number of thiophene rings is 1. The van der Waals surface area contributed by atoms with Crippen LogP contribution in [0.3, 0.4) is 0 Å². The monoisotopic (exact) mass is 353 g/mol. The van der Waals surface area contributed by atoms with Gasteiger partial charge in [0.2, 0.25) is 5.91 Å². The molecule has 1 aliphatic heterocycles. The molecule has 0 aliphatic carbocycles. The number of piperazine rings is 1. The molecule has 118 valence electrons. The molecule has 22 heavy (non-hydrogen) atoms. The van der Waals surface area contributed by atoms with Crippen molar-refractivity contribution in [2.45, 2.75) is 19.9 Å². The van der Waals surface area contributed by atoms with E-state index in [-0.39, 0.29) is 5.91 Å². The molecule has 0 aromatic carbocycles. The molecule has 7 heteroatoms. The maximum absolute atomic E-state index is 12.4. The maximum Gasteiger partial charge on any atom is 0.227 e. The summed E-state index contributed by atoms with van der Waals surface area (Å²) in [7, 11) is 0. The number of amides is 1. The van der Waals surface area contributed by atoms with Gasteiger partial charge in [-0.25, -0.2) is 0 Å². The van der Waals surface area contributed by atoms with Crippen LogP contribution in [0.4, 0.5) is 0 Å². The summed E-state index contributed by atoms with van der Waals surface area (Å²) in [4.78, 5) is 21.0. The Bertz CT molecular complexity index is 681. The first kappa shape index (κ1) is 15.9. The Morgan fingerprint density at radius 1 is 1.36 bits per heavy atom. The SMILES string of the molecule is Cc1[nH]c(=S)sc1CC(=O)N1CCN(Cc2ccsc2)CC1. The number of aromatic amines is 1. The van der Waals surface area contributed by atoms with Gasteiger partial charge >= 0.3 is 0 Å². The minimum atomic E-state index is 0.212. The topological polar surface area (TPSA) is 39.3 Å². The third kappa shape index (κ3) is 3.84. The van der Waals surface area contributed by atoms with Crippen LogP contribution in [-0.4, -0.2) is 46.9 Å². The smallest absolute Gasteiger partial charge is 0.227 e. The third-order valence-corrected chi connectivity index (χ3v) is 6.02. The zero-order valence-electron chi connectivity index (χ0n) is 12.5. The van der Waals surface area contributed by atoms with E-state index in [2.05, 4.69) is 26.7 Å². The molecule has 1 aliphatic rings. The molecule has 0 saturated carbocycles. The Labute approximate surface area is 143 Å². The van der Waals surface area contributed by atoms with Crippen molar-refractivity contribution in [3.63, 3.8) is 0 Å². The Morgan fingerprint density at radius 3 is 2.73 bits per heavy atom. The number of carbonyl (C=O) groups excluding carboxylic acids is 1. The van der Waals surface area contributed by atoms with Crippen molar-refractivity contribution in [2.24, 2.45) is 0 Å². The van der Waals surface area contributed by atoms with Crippen molar-refractivity contribution >= 4 is 40.8 Å². The number of nitrogens with zero attached hydrogens (tertiary/aromatic N) is 2. The Kier molecular flexibility index (Phi) is 5.07. The van der Waals surface area contributed by atoms with Gasteiger partial charge in [0, 0.05) is 43.3 Å². The molecule has 2 aromatic rings. The van der Waals surface area contributed by atoms with Gasteiger partial charge in [-0.05, 0) is 41.5 Å². The second-order valence-corrected chi connectivity index (χ2v) is 8.08. The van der Waals surface area contributed by atoms with Gasteiger partial charge in [-0.1, -0.05) is 0 Å². The van der Waals surface area contributed by atoms with Gasteiger partial charge < -0.3 is 9.88 Å². The number of rotatable bonds is 4. The minimum absolute atomic E-state index is 0.212. The van der Waals surface area contributed by atoms with Crippen LogP contribution >= 0.6 is 34.9 Å². The molecule has 0 unspecified atom stereocenters. The fraction of sp³-hybridized carbons (Fsp3) is 0.467. The summed E-state index contributed by atoms with van der Waals surface area (Å²) >= 11 is 8.38. The first-order valence-corrected chi connectivity index (χ1v) is 9.48. The molecule has 3 rings (SSSR count). The lowest BCUT2D eigenvalue weighted by atomic mass is 10.2. The molecule has 0 spiro atoms. The Balaban J connectivity index is 1.51. The average Bonchev–Trinajstić information content (AvgIpc) is 3.10. The van der Waals surface area contributed by atoms with Crippen molar-refractivity contribution in [1.29, 1.82) is 0 Å². The summed E-state index contributed by atoms with van der Waals surface area (Å²) in [5.74, 6) is 0.212. The van der Waals surface area contributed by atoms with Crippen LogP contribution in [0.5, 0.6) is 0 Å². The minimum Gasteiger partial charge on any atom is -0.341 e. The zero-order valence-corrected chi connectivity index (χ0v) is 15.0. The summed E-state index contributed by atoms with van der Waals surface area (Å²) in [5.41, 5.74) is 2.40. The number of aryl methyl sites for hydroxylation is 1. The van der Waals surface area contributed by atoms with Crippen molar-refractivity contribution in [1.82, 2.24) is 14.8 Å². The molecule has 1 amide bonds. The van der Waals surface area contributed by atoms with Gasteiger partial charge in [-0.2, -0.15) is 11.3 Å². The molecular formula is C15H19N3OS3. The molecule has 3 heterocycles. The molecular weight excluding hydrogens is 334 g/mol. The van der Waals surface area contributed by atoms with Gasteiger partial charge in [0.25, 0.3) is 0 Å². The van der Waals surface area contributed by atoms with Crippen LogP contribution in [-0.2, 0) is 17.8 Å². The average molecular weight is 354 g/mol. The number of thiazole rings is 1. The van der Waals surface area contributed by atoms with E-state index in [0.29, 0.717) is 6.42 Å². The van der Waals surface area contributed by atoms with Crippen LogP contribution in [0.25, 0.3) is 0 Å². The van der Waals surface area contributed by atoms with Crippen LogP contribution < -0.4 is 0 Å². The van der Waals surface area contributed by atoms with Crippen molar-refractivity contribution in [3.05, 3.63) is 36.9 Å². The molecule has 2 aromatic heterocycles. The van der Waals surface area contributed by atoms with Crippen molar-refractivity contribution in [2.75, 3.05) is 26.2 Å². The number of H-pyrrole nitrogens is 1.